The van der Waals surface area contributed by atoms with Gasteiger partial charge < -0.3 is 4.74 Å². The first-order valence-corrected chi connectivity index (χ1v) is 7.45. The Morgan fingerprint density at radius 1 is 1.29 bits per heavy atom. The third-order valence-electron chi connectivity index (χ3n) is 3.49. The number of piperidine rings is 1. The molecule has 4 heteroatoms. The minimum absolute atomic E-state index is 0.112. The van der Waals surface area contributed by atoms with Gasteiger partial charge >= 0.3 is 6.09 Å². The van der Waals surface area contributed by atoms with E-state index in [1.165, 1.54) is 4.90 Å². The van der Waals surface area contributed by atoms with Crippen LogP contribution in [0.3, 0.4) is 0 Å². The van der Waals surface area contributed by atoms with Crippen LogP contribution in [0.15, 0.2) is 30.3 Å². The van der Waals surface area contributed by atoms with E-state index in [0.717, 1.165) is 18.4 Å². The summed E-state index contributed by atoms with van der Waals surface area (Å²) in [5.74, 6) is -0.243. The zero-order valence-corrected chi connectivity index (χ0v) is 13.0. The lowest BCUT2D eigenvalue weighted by Gasteiger charge is -2.32. The maximum atomic E-state index is 12.5. The highest BCUT2D eigenvalue weighted by atomic mass is 16.6. The van der Waals surface area contributed by atoms with E-state index in [1.54, 1.807) is 20.8 Å². The molecule has 1 fully saturated rings. The number of carbonyl (C=O) groups excluding carboxylic acids is 2. The van der Waals surface area contributed by atoms with Gasteiger partial charge in [-0.3, -0.25) is 4.79 Å². The SMILES string of the molecule is CC(C)(C)OC(=O)N1CCCC(Cc2ccccc2)C1=O. The molecule has 1 saturated heterocycles. The van der Waals surface area contributed by atoms with E-state index in [9.17, 15) is 9.59 Å². The molecule has 0 aromatic heterocycles. The summed E-state index contributed by atoms with van der Waals surface area (Å²) in [6.07, 6.45) is 1.82. The summed E-state index contributed by atoms with van der Waals surface area (Å²) in [6.45, 7) is 5.88. The second-order valence-electron chi connectivity index (χ2n) is 6.50. The Morgan fingerprint density at radius 2 is 1.95 bits per heavy atom. The molecule has 0 spiro atoms. The lowest BCUT2D eigenvalue weighted by molar-refractivity contribution is -0.137. The van der Waals surface area contributed by atoms with E-state index in [-0.39, 0.29) is 11.8 Å². The molecule has 0 N–H and O–H groups in total. The zero-order valence-electron chi connectivity index (χ0n) is 13.0. The highest BCUT2D eigenvalue weighted by molar-refractivity contribution is 5.94. The van der Waals surface area contributed by atoms with Crippen molar-refractivity contribution in [1.82, 2.24) is 4.90 Å². The van der Waals surface area contributed by atoms with Gasteiger partial charge in [0.1, 0.15) is 5.60 Å². The molecule has 114 valence electrons. The number of benzene rings is 1. The fourth-order valence-electron chi connectivity index (χ4n) is 2.54. The molecule has 1 unspecified atom stereocenters. The van der Waals surface area contributed by atoms with E-state index in [2.05, 4.69) is 0 Å². The van der Waals surface area contributed by atoms with Crippen molar-refractivity contribution in [1.29, 1.82) is 0 Å². The van der Waals surface area contributed by atoms with Gasteiger partial charge in [-0.15, -0.1) is 0 Å². The van der Waals surface area contributed by atoms with Crippen LogP contribution in [0.4, 0.5) is 4.79 Å². The second-order valence-corrected chi connectivity index (χ2v) is 6.50. The highest BCUT2D eigenvalue weighted by Crippen LogP contribution is 2.23. The number of nitrogens with zero attached hydrogens (tertiary/aromatic N) is 1. The van der Waals surface area contributed by atoms with Crippen LogP contribution in [0.25, 0.3) is 0 Å². The minimum Gasteiger partial charge on any atom is -0.443 e. The molecule has 1 aromatic carbocycles. The molecule has 1 aromatic rings. The van der Waals surface area contributed by atoms with Crippen LogP contribution >= 0.6 is 0 Å². The van der Waals surface area contributed by atoms with Crippen molar-refractivity contribution in [2.75, 3.05) is 6.54 Å². The van der Waals surface area contributed by atoms with E-state index in [1.807, 2.05) is 30.3 Å². The van der Waals surface area contributed by atoms with Gasteiger partial charge in [0, 0.05) is 12.5 Å². The summed E-state index contributed by atoms with van der Waals surface area (Å²) in [5, 5.41) is 0. The largest absolute Gasteiger partial charge is 0.443 e. The van der Waals surface area contributed by atoms with Crippen LogP contribution in [0.1, 0.15) is 39.2 Å². The normalized spacial score (nSPS) is 19.5. The van der Waals surface area contributed by atoms with Crippen molar-refractivity contribution in [3.05, 3.63) is 35.9 Å². The lowest BCUT2D eigenvalue weighted by Crippen LogP contribution is -2.47. The van der Waals surface area contributed by atoms with Gasteiger partial charge in [-0.2, -0.15) is 0 Å². The molecule has 1 heterocycles. The number of likely N-dealkylation sites (tertiary alicyclic amines) is 1. The molecule has 4 nitrogen and oxygen atoms in total. The molecule has 1 aliphatic heterocycles. The van der Waals surface area contributed by atoms with Crippen molar-refractivity contribution >= 4 is 12.0 Å². The van der Waals surface area contributed by atoms with Crippen molar-refractivity contribution in [3.63, 3.8) is 0 Å². The summed E-state index contributed by atoms with van der Waals surface area (Å²) < 4.78 is 5.31. The molecular formula is C17H23NO3. The summed E-state index contributed by atoms with van der Waals surface area (Å²) in [6, 6.07) is 9.92. The molecule has 0 radical (unpaired) electrons. The first-order chi connectivity index (χ1) is 9.87. The molecule has 0 aliphatic carbocycles. The molecule has 2 amide bonds. The van der Waals surface area contributed by atoms with E-state index in [0.29, 0.717) is 13.0 Å². The maximum Gasteiger partial charge on any atom is 0.417 e. The quantitative estimate of drug-likeness (QED) is 0.838. The highest BCUT2D eigenvalue weighted by Gasteiger charge is 2.35. The van der Waals surface area contributed by atoms with Crippen LogP contribution < -0.4 is 0 Å². The van der Waals surface area contributed by atoms with E-state index >= 15 is 0 Å². The Labute approximate surface area is 126 Å². The number of amides is 2. The second kappa shape index (κ2) is 6.29. The Bertz CT molecular complexity index is 505. The molecule has 0 bridgehead atoms. The summed E-state index contributed by atoms with van der Waals surface area (Å²) in [7, 11) is 0. The number of hydrogen-bond donors (Lipinski definition) is 0. The molecular weight excluding hydrogens is 266 g/mol. The standard InChI is InChI=1S/C17H23NO3/c1-17(2,3)21-16(20)18-11-7-10-14(15(18)19)12-13-8-5-4-6-9-13/h4-6,8-9,14H,7,10-12H2,1-3H3. The van der Waals surface area contributed by atoms with Crippen LogP contribution in [0.5, 0.6) is 0 Å². The smallest absolute Gasteiger partial charge is 0.417 e. The number of ether oxygens (including phenoxy) is 1. The first-order valence-electron chi connectivity index (χ1n) is 7.45. The topological polar surface area (TPSA) is 46.6 Å². The van der Waals surface area contributed by atoms with Gasteiger partial charge in [0.2, 0.25) is 5.91 Å². The van der Waals surface area contributed by atoms with Gasteiger partial charge in [0.25, 0.3) is 0 Å². The van der Waals surface area contributed by atoms with Gasteiger partial charge in [0.05, 0.1) is 0 Å². The van der Waals surface area contributed by atoms with Gasteiger partial charge in [0.15, 0.2) is 0 Å². The third-order valence-corrected chi connectivity index (χ3v) is 3.49. The predicted molar refractivity (Wildman–Crippen MR) is 80.8 cm³/mol. The average molecular weight is 289 g/mol. The Balaban J connectivity index is 2.03. The monoisotopic (exact) mass is 289 g/mol. The maximum absolute atomic E-state index is 12.5. The van der Waals surface area contributed by atoms with Gasteiger partial charge in [-0.25, -0.2) is 9.69 Å². The molecule has 2 rings (SSSR count). The summed E-state index contributed by atoms with van der Waals surface area (Å²) in [5.41, 5.74) is 0.547. The van der Waals surface area contributed by atoms with Gasteiger partial charge in [-0.05, 0) is 45.6 Å². The van der Waals surface area contributed by atoms with Crippen LogP contribution in [0.2, 0.25) is 0 Å². The minimum atomic E-state index is -0.580. The van der Waals surface area contributed by atoms with Crippen LogP contribution in [-0.4, -0.2) is 29.0 Å². The number of imide groups is 1. The Hall–Kier alpha value is -1.84. The van der Waals surface area contributed by atoms with Crippen molar-refractivity contribution in [2.24, 2.45) is 5.92 Å². The molecule has 1 aliphatic rings. The number of hydrogen-bond acceptors (Lipinski definition) is 3. The summed E-state index contributed by atoms with van der Waals surface area (Å²) in [4.78, 5) is 25.9. The third kappa shape index (κ3) is 4.31. The number of carbonyl (C=O) groups is 2. The van der Waals surface area contributed by atoms with Crippen molar-refractivity contribution < 1.29 is 14.3 Å². The van der Waals surface area contributed by atoms with E-state index < -0.39 is 11.7 Å². The average Bonchev–Trinajstić information content (AvgIpc) is 2.40. The Kier molecular flexibility index (Phi) is 4.66. The van der Waals surface area contributed by atoms with E-state index in [4.69, 9.17) is 4.74 Å². The fourth-order valence-corrected chi connectivity index (χ4v) is 2.54. The van der Waals surface area contributed by atoms with Crippen LogP contribution in [-0.2, 0) is 16.0 Å². The molecule has 0 saturated carbocycles. The van der Waals surface area contributed by atoms with Crippen molar-refractivity contribution in [2.45, 2.75) is 45.6 Å². The molecule has 21 heavy (non-hydrogen) atoms. The zero-order chi connectivity index (χ0) is 15.5. The Morgan fingerprint density at radius 3 is 2.57 bits per heavy atom. The number of rotatable bonds is 2. The fraction of sp³-hybridized carbons (Fsp3) is 0.529. The predicted octanol–water partition coefficient (Wildman–Crippen LogP) is 3.40. The molecule has 1 atom stereocenters. The van der Waals surface area contributed by atoms with Gasteiger partial charge in [-0.1, -0.05) is 30.3 Å². The first kappa shape index (κ1) is 15.5. The van der Waals surface area contributed by atoms with Crippen molar-refractivity contribution in [3.8, 4) is 0 Å². The van der Waals surface area contributed by atoms with Crippen LogP contribution in [0, 0.1) is 5.92 Å². The lowest BCUT2D eigenvalue weighted by atomic mass is 9.90. The summed E-state index contributed by atoms with van der Waals surface area (Å²) >= 11 is 0.